The van der Waals surface area contributed by atoms with E-state index in [2.05, 4.69) is 0 Å². The van der Waals surface area contributed by atoms with Crippen LogP contribution in [0.5, 0.6) is 5.75 Å². The standard InChI is InChI=1S/C11H15ClFNO/c1-15-11-8(4-2-3-5-14)6-9(13)7-10(11)12/h6-7H,2-5,14H2,1H3. The van der Waals surface area contributed by atoms with Gasteiger partial charge in [-0.05, 0) is 43.5 Å². The summed E-state index contributed by atoms with van der Waals surface area (Å²) in [6.07, 6.45) is 2.56. The molecule has 0 aromatic heterocycles. The first-order valence-corrected chi connectivity index (χ1v) is 5.28. The number of unbranched alkanes of at least 4 members (excludes halogenated alkanes) is 1. The van der Waals surface area contributed by atoms with E-state index in [1.54, 1.807) is 0 Å². The Labute approximate surface area is 94.2 Å². The minimum Gasteiger partial charge on any atom is -0.495 e. The number of benzene rings is 1. The van der Waals surface area contributed by atoms with Crippen molar-refractivity contribution in [2.75, 3.05) is 13.7 Å². The molecule has 1 rings (SSSR count). The van der Waals surface area contributed by atoms with Gasteiger partial charge in [-0.15, -0.1) is 0 Å². The van der Waals surface area contributed by atoms with Crippen LogP contribution in [0, 0.1) is 5.82 Å². The van der Waals surface area contributed by atoms with Crippen molar-refractivity contribution < 1.29 is 9.13 Å². The molecular weight excluding hydrogens is 217 g/mol. The van der Waals surface area contributed by atoms with Gasteiger partial charge in [0.05, 0.1) is 12.1 Å². The lowest BCUT2D eigenvalue weighted by Gasteiger charge is -2.10. The first-order valence-electron chi connectivity index (χ1n) is 4.91. The molecule has 0 atom stereocenters. The zero-order chi connectivity index (χ0) is 11.3. The molecule has 1 aromatic carbocycles. The lowest BCUT2D eigenvalue weighted by molar-refractivity contribution is 0.408. The van der Waals surface area contributed by atoms with E-state index >= 15 is 0 Å². The van der Waals surface area contributed by atoms with Crippen LogP contribution in [0.1, 0.15) is 18.4 Å². The molecule has 0 saturated carbocycles. The zero-order valence-electron chi connectivity index (χ0n) is 8.72. The van der Waals surface area contributed by atoms with Crippen molar-refractivity contribution in [2.24, 2.45) is 5.73 Å². The molecule has 0 radical (unpaired) electrons. The third-order valence-electron chi connectivity index (χ3n) is 2.19. The normalized spacial score (nSPS) is 10.4. The van der Waals surface area contributed by atoms with E-state index in [9.17, 15) is 4.39 Å². The highest BCUT2D eigenvalue weighted by Crippen LogP contribution is 2.30. The molecule has 4 heteroatoms. The summed E-state index contributed by atoms with van der Waals surface area (Å²) in [5, 5.41) is 0.320. The van der Waals surface area contributed by atoms with Crippen molar-refractivity contribution in [1.82, 2.24) is 0 Å². The molecule has 15 heavy (non-hydrogen) atoms. The van der Waals surface area contributed by atoms with E-state index in [1.807, 2.05) is 0 Å². The van der Waals surface area contributed by atoms with Gasteiger partial charge in [-0.3, -0.25) is 0 Å². The van der Waals surface area contributed by atoms with Crippen molar-refractivity contribution in [2.45, 2.75) is 19.3 Å². The van der Waals surface area contributed by atoms with Gasteiger partial charge >= 0.3 is 0 Å². The average Bonchev–Trinajstić information content (AvgIpc) is 2.17. The Balaban J connectivity index is 2.84. The fraction of sp³-hybridized carbons (Fsp3) is 0.455. The Hall–Kier alpha value is -0.800. The van der Waals surface area contributed by atoms with Crippen LogP contribution in [0.25, 0.3) is 0 Å². The van der Waals surface area contributed by atoms with Crippen molar-refractivity contribution in [3.8, 4) is 5.75 Å². The molecule has 0 amide bonds. The van der Waals surface area contributed by atoms with Gasteiger partial charge in [-0.1, -0.05) is 11.6 Å². The molecule has 0 unspecified atom stereocenters. The van der Waals surface area contributed by atoms with Gasteiger partial charge in [0, 0.05) is 0 Å². The largest absolute Gasteiger partial charge is 0.495 e. The van der Waals surface area contributed by atoms with Crippen LogP contribution < -0.4 is 10.5 Å². The number of rotatable bonds is 5. The van der Waals surface area contributed by atoms with Crippen LogP contribution in [0.4, 0.5) is 4.39 Å². The number of hydrogen-bond donors (Lipinski definition) is 1. The second-order valence-electron chi connectivity index (χ2n) is 3.33. The molecule has 2 N–H and O–H groups in total. The van der Waals surface area contributed by atoms with E-state index in [-0.39, 0.29) is 5.82 Å². The van der Waals surface area contributed by atoms with Gasteiger partial charge in [0.25, 0.3) is 0 Å². The third-order valence-corrected chi connectivity index (χ3v) is 2.47. The van der Waals surface area contributed by atoms with Crippen LogP contribution in [0.2, 0.25) is 5.02 Å². The summed E-state index contributed by atoms with van der Waals surface area (Å²) in [7, 11) is 1.53. The molecule has 0 spiro atoms. The second-order valence-corrected chi connectivity index (χ2v) is 3.73. The fourth-order valence-electron chi connectivity index (χ4n) is 1.49. The maximum atomic E-state index is 13.1. The zero-order valence-corrected chi connectivity index (χ0v) is 9.48. The Morgan fingerprint density at radius 3 is 2.73 bits per heavy atom. The first kappa shape index (κ1) is 12.3. The lowest BCUT2D eigenvalue weighted by Crippen LogP contribution is -2.00. The summed E-state index contributed by atoms with van der Waals surface area (Å²) in [6.45, 7) is 0.644. The van der Waals surface area contributed by atoms with E-state index < -0.39 is 0 Å². The van der Waals surface area contributed by atoms with Crippen molar-refractivity contribution in [3.63, 3.8) is 0 Å². The van der Waals surface area contributed by atoms with Crippen molar-refractivity contribution in [3.05, 3.63) is 28.5 Å². The number of aryl methyl sites for hydroxylation is 1. The van der Waals surface area contributed by atoms with Gasteiger partial charge in [-0.2, -0.15) is 0 Å². The number of ether oxygens (including phenoxy) is 1. The maximum Gasteiger partial charge on any atom is 0.140 e. The van der Waals surface area contributed by atoms with Gasteiger partial charge in [0.2, 0.25) is 0 Å². The molecular formula is C11H15ClFNO. The van der Waals surface area contributed by atoms with E-state index in [4.69, 9.17) is 22.1 Å². The molecule has 2 nitrogen and oxygen atoms in total. The summed E-state index contributed by atoms with van der Waals surface area (Å²) in [5.74, 6) is 0.235. The SMILES string of the molecule is COc1c(Cl)cc(F)cc1CCCCN. The first-order chi connectivity index (χ1) is 7.19. The summed E-state index contributed by atoms with van der Waals surface area (Å²) in [4.78, 5) is 0. The van der Waals surface area contributed by atoms with E-state index in [0.717, 1.165) is 24.8 Å². The molecule has 0 aliphatic heterocycles. The second kappa shape index (κ2) is 5.93. The monoisotopic (exact) mass is 231 g/mol. The highest BCUT2D eigenvalue weighted by Gasteiger charge is 2.09. The van der Waals surface area contributed by atoms with Gasteiger partial charge < -0.3 is 10.5 Å². The minimum absolute atomic E-state index is 0.320. The van der Waals surface area contributed by atoms with Crippen LogP contribution in [-0.4, -0.2) is 13.7 Å². The van der Waals surface area contributed by atoms with Gasteiger partial charge in [0.1, 0.15) is 11.6 Å². The minimum atomic E-state index is -0.330. The van der Waals surface area contributed by atoms with Crippen LogP contribution in [-0.2, 0) is 6.42 Å². The number of halogens is 2. The van der Waals surface area contributed by atoms with Gasteiger partial charge in [-0.25, -0.2) is 4.39 Å². The Morgan fingerprint density at radius 2 is 2.13 bits per heavy atom. The Kier molecular flexibility index (Phi) is 4.85. The highest BCUT2D eigenvalue weighted by atomic mass is 35.5. The third kappa shape index (κ3) is 3.36. The van der Waals surface area contributed by atoms with Crippen molar-refractivity contribution in [1.29, 1.82) is 0 Å². The molecule has 0 saturated heterocycles. The number of methoxy groups -OCH3 is 1. The predicted molar refractivity (Wildman–Crippen MR) is 60.0 cm³/mol. The lowest BCUT2D eigenvalue weighted by atomic mass is 10.1. The topological polar surface area (TPSA) is 35.2 Å². The molecule has 84 valence electrons. The molecule has 1 aromatic rings. The summed E-state index contributed by atoms with van der Waals surface area (Å²) in [5.41, 5.74) is 6.19. The number of nitrogens with two attached hydrogens (primary N) is 1. The smallest absolute Gasteiger partial charge is 0.140 e. The molecule has 0 aliphatic carbocycles. The predicted octanol–water partition coefficient (Wildman–Crippen LogP) is 2.77. The van der Waals surface area contributed by atoms with Crippen molar-refractivity contribution >= 4 is 11.6 Å². The molecule has 0 fully saturated rings. The summed E-state index contributed by atoms with van der Waals surface area (Å²) >= 11 is 5.86. The average molecular weight is 232 g/mol. The summed E-state index contributed by atoms with van der Waals surface area (Å²) < 4.78 is 18.2. The molecule has 0 bridgehead atoms. The van der Waals surface area contributed by atoms with Crippen LogP contribution in [0.15, 0.2) is 12.1 Å². The van der Waals surface area contributed by atoms with Crippen LogP contribution >= 0.6 is 11.6 Å². The quantitative estimate of drug-likeness (QED) is 0.791. The van der Waals surface area contributed by atoms with E-state index in [0.29, 0.717) is 17.3 Å². The Morgan fingerprint density at radius 1 is 1.40 bits per heavy atom. The van der Waals surface area contributed by atoms with Crippen LogP contribution in [0.3, 0.4) is 0 Å². The maximum absolute atomic E-state index is 13.1. The van der Waals surface area contributed by atoms with Gasteiger partial charge in [0.15, 0.2) is 0 Å². The number of hydrogen-bond acceptors (Lipinski definition) is 2. The molecule has 0 heterocycles. The Bertz CT molecular complexity index is 331. The fourth-order valence-corrected chi connectivity index (χ4v) is 1.79. The highest BCUT2D eigenvalue weighted by molar-refractivity contribution is 6.32. The van der Waals surface area contributed by atoms with E-state index in [1.165, 1.54) is 19.2 Å². The molecule has 0 aliphatic rings. The summed E-state index contributed by atoms with van der Waals surface area (Å²) in [6, 6.07) is 2.72.